The van der Waals surface area contributed by atoms with E-state index >= 15 is 0 Å². The molecule has 26 heavy (non-hydrogen) atoms. The Labute approximate surface area is 156 Å². The Kier molecular flexibility index (Phi) is 7.23. The first-order chi connectivity index (χ1) is 12.4. The van der Waals surface area contributed by atoms with Gasteiger partial charge in [0, 0.05) is 32.1 Å². The number of carbonyl (C=O) groups excluding carboxylic acids is 3. The summed E-state index contributed by atoms with van der Waals surface area (Å²) >= 11 is 6.10. The Balaban J connectivity index is 1.83. The quantitative estimate of drug-likeness (QED) is 0.697. The number of nitrogens with one attached hydrogen (secondary N) is 1. The largest absolute Gasteiger partial charge is 0.496 e. The summed E-state index contributed by atoms with van der Waals surface area (Å²) in [4.78, 5) is 36.0. The van der Waals surface area contributed by atoms with Gasteiger partial charge in [-0.25, -0.2) is 4.79 Å². The highest BCUT2D eigenvalue weighted by molar-refractivity contribution is 6.34. The second-order valence-corrected chi connectivity index (χ2v) is 6.38. The summed E-state index contributed by atoms with van der Waals surface area (Å²) in [5.74, 6) is 0.152. The zero-order chi connectivity index (χ0) is 19.1. The number of nitrogens with zero attached hydrogens (tertiary/aromatic N) is 1. The molecule has 1 heterocycles. The van der Waals surface area contributed by atoms with Crippen LogP contribution in [-0.2, 0) is 9.53 Å². The highest BCUT2D eigenvalue weighted by Gasteiger charge is 2.22. The van der Waals surface area contributed by atoms with E-state index in [1.54, 1.807) is 0 Å². The fourth-order valence-electron chi connectivity index (χ4n) is 2.82. The molecule has 0 bridgehead atoms. The van der Waals surface area contributed by atoms with Crippen molar-refractivity contribution < 1.29 is 23.9 Å². The summed E-state index contributed by atoms with van der Waals surface area (Å²) < 4.78 is 10.1. The first-order valence-corrected chi connectivity index (χ1v) is 8.61. The fourth-order valence-corrected chi connectivity index (χ4v) is 3.04. The number of primary amides is 1. The third-order valence-electron chi connectivity index (χ3n) is 4.19. The Hall–Kier alpha value is -2.32. The molecule has 1 aromatic carbocycles. The van der Waals surface area contributed by atoms with Crippen molar-refractivity contribution in [3.05, 3.63) is 22.7 Å². The van der Waals surface area contributed by atoms with Crippen LogP contribution in [0.1, 0.15) is 29.6 Å². The Morgan fingerprint density at radius 2 is 2.08 bits per heavy atom. The predicted molar refractivity (Wildman–Crippen MR) is 96.8 cm³/mol. The van der Waals surface area contributed by atoms with E-state index in [1.165, 1.54) is 19.2 Å². The molecule has 0 saturated carbocycles. The molecule has 1 aromatic rings. The molecular weight excluding hydrogens is 362 g/mol. The number of ether oxygens (including phenoxy) is 2. The minimum atomic E-state index is -0.754. The van der Waals surface area contributed by atoms with Crippen molar-refractivity contribution in [3.8, 4) is 5.75 Å². The van der Waals surface area contributed by atoms with Crippen molar-refractivity contribution in [2.24, 2.45) is 5.73 Å². The first-order valence-electron chi connectivity index (χ1n) is 8.24. The minimum Gasteiger partial charge on any atom is -0.496 e. The van der Waals surface area contributed by atoms with E-state index in [0.29, 0.717) is 42.7 Å². The van der Waals surface area contributed by atoms with Gasteiger partial charge >= 0.3 is 6.09 Å². The molecule has 3 N–H and O–H groups in total. The molecular formula is C17H22ClN3O5. The third kappa shape index (κ3) is 5.60. The lowest BCUT2D eigenvalue weighted by Gasteiger charge is -2.31. The molecule has 2 amide bonds. The van der Waals surface area contributed by atoms with Crippen LogP contribution in [-0.4, -0.2) is 56.0 Å². The van der Waals surface area contributed by atoms with Crippen LogP contribution in [0.25, 0.3) is 0 Å². The second-order valence-electron chi connectivity index (χ2n) is 5.97. The van der Waals surface area contributed by atoms with Gasteiger partial charge in [0.15, 0.2) is 6.29 Å². The topological polar surface area (TPSA) is 111 Å². The van der Waals surface area contributed by atoms with Crippen molar-refractivity contribution in [2.45, 2.75) is 25.4 Å². The van der Waals surface area contributed by atoms with Gasteiger partial charge in [0.2, 0.25) is 5.91 Å². The molecule has 1 aliphatic rings. The van der Waals surface area contributed by atoms with Crippen molar-refractivity contribution in [3.63, 3.8) is 0 Å². The van der Waals surface area contributed by atoms with Crippen LogP contribution >= 0.6 is 11.6 Å². The molecule has 0 unspecified atom stereocenters. The average Bonchev–Trinajstić information content (AvgIpc) is 2.62. The van der Waals surface area contributed by atoms with E-state index in [0.717, 1.165) is 13.1 Å². The van der Waals surface area contributed by atoms with Crippen molar-refractivity contribution in [1.29, 1.82) is 0 Å². The smallest absolute Gasteiger partial charge is 0.404 e. The number of nitrogens with two attached hydrogens (primary N) is 1. The molecule has 142 valence electrons. The van der Waals surface area contributed by atoms with Crippen LogP contribution in [0.5, 0.6) is 5.75 Å². The number of benzene rings is 1. The Morgan fingerprint density at radius 3 is 2.65 bits per heavy atom. The zero-order valence-electron chi connectivity index (χ0n) is 14.5. The van der Waals surface area contributed by atoms with Crippen LogP contribution in [0.3, 0.4) is 0 Å². The highest BCUT2D eigenvalue weighted by Crippen LogP contribution is 2.30. The fraction of sp³-hybridized carbons (Fsp3) is 0.471. The van der Waals surface area contributed by atoms with Gasteiger partial charge in [0.25, 0.3) is 0 Å². The van der Waals surface area contributed by atoms with Gasteiger partial charge in [-0.15, -0.1) is 0 Å². The van der Waals surface area contributed by atoms with Crippen LogP contribution in [0.2, 0.25) is 5.02 Å². The molecule has 1 saturated heterocycles. The number of rotatable bonds is 7. The van der Waals surface area contributed by atoms with Gasteiger partial charge < -0.3 is 25.4 Å². The molecule has 0 aromatic heterocycles. The second kappa shape index (κ2) is 9.40. The summed E-state index contributed by atoms with van der Waals surface area (Å²) in [6, 6.07) is 2.98. The molecule has 0 spiro atoms. The van der Waals surface area contributed by atoms with E-state index in [9.17, 15) is 14.4 Å². The summed E-state index contributed by atoms with van der Waals surface area (Å²) in [6.07, 6.45) is 1.41. The number of likely N-dealkylation sites (tertiary alicyclic amines) is 1. The van der Waals surface area contributed by atoms with Gasteiger partial charge in [-0.05, 0) is 18.9 Å². The van der Waals surface area contributed by atoms with E-state index in [4.69, 9.17) is 26.8 Å². The lowest BCUT2D eigenvalue weighted by molar-refractivity contribution is -0.116. The van der Waals surface area contributed by atoms with Gasteiger partial charge in [0.1, 0.15) is 11.9 Å². The molecule has 2 rings (SSSR count). The number of hydrogen-bond acceptors (Lipinski definition) is 6. The maximum atomic E-state index is 12.2. The van der Waals surface area contributed by atoms with E-state index < -0.39 is 6.09 Å². The summed E-state index contributed by atoms with van der Waals surface area (Å²) in [5, 5.41) is 3.00. The summed E-state index contributed by atoms with van der Waals surface area (Å²) in [7, 11) is 1.44. The molecule has 0 atom stereocenters. The molecule has 9 heteroatoms. The van der Waals surface area contributed by atoms with E-state index in [1.807, 2.05) is 0 Å². The maximum absolute atomic E-state index is 12.2. The SMILES string of the molecule is COc1cc(NC(=O)CCN2CCC(OC(N)=O)CC2)c(Cl)cc1C=O. The lowest BCUT2D eigenvalue weighted by atomic mass is 10.1. The van der Waals surface area contributed by atoms with Crippen LogP contribution in [0.15, 0.2) is 12.1 Å². The molecule has 0 aliphatic carbocycles. The highest BCUT2D eigenvalue weighted by atomic mass is 35.5. The van der Waals surface area contributed by atoms with Crippen LogP contribution in [0.4, 0.5) is 10.5 Å². The van der Waals surface area contributed by atoms with E-state index in [2.05, 4.69) is 10.2 Å². The number of methoxy groups -OCH3 is 1. The van der Waals surface area contributed by atoms with Crippen LogP contribution < -0.4 is 15.8 Å². The lowest BCUT2D eigenvalue weighted by Crippen LogP contribution is -2.39. The molecule has 1 fully saturated rings. The molecule has 1 aliphatic heterocycles. The van der Waals surface area contributed by atoms with E-state index in [-0.39, 0.29) is 23.5 Å². The van der Waals surface area contributed by atoms with Crippen molar-refractivity contribution in [2.75, 3.05) is 32.1 Å². The number of hydrogen-bond donors (Lipinski definition) is 2. The van der Waals surface area contributed by atoms with Gasteiger partial charge in [-0.1, -0.05) is 11.6 Å². The minimum absolute atomic E-state index is 0.153. The third-order valence-corrected chi connectivity index (χ3v) is 4.51. The van der Waals surface area contributed by atoms with Crippen molar-refractivity contribution in [1.82, 2.24) is 4.90 Å². The van der Waals surface area contributed by atoms with Crippen LogP contribution in [0, 0.1) is 0 Å². The average molecular weight is 384 g/mol. The van der Waals surface area contributed by atoms with Gasteiger partial charge in [-0.2, -0.15) is 0 Å². The number of amides is 2. The summed E-state index contributed by atoms with van der Waals surface area (Å²) in [5.41, 5.74) is 5.73. The Bertz CT molecular complexity index is 675. The monoisotopic (exact) mass is 383 g/mol. The number of anilines is 1. The Morgan fingerprint density at radius 1 is 1.38 bits per heavy atom. The first kappa shape index (κ1) is 20.0. The van der Waals surface area contributed by atoms with Gasteiger partial charge in [0.05, 0.1) is 23.4 Å². The standard InChI is InChI=1S/C17H22ClN3O5/c1-25-15-9-14(13(18)8-11(15)10-22)20-16(23)4-7-21-5-2-12(3-6-21)26-17(19)24/h8-10,12H,2-7H2,1H3,(H2,19,24)(H,20,23). The summed E-state index contributed by atoms with van der Waals surface area (Å²) in [6.45, 7) is 2.04. The van der Waals surface area contributed by atoms with Gasteiger partial charge in [-0.3, -0.25) is 9.59 Å². The number of aldehydes is 1. The number of halogens is 1. The predicted octanol–water partition coefficient (Wildman–Crippen LogP) is 2.05. The molecule has 8 nitrogen and oxygen atoms in total. The number of carbonyl (C=O) groups is 3. The number of piperidine rings is 1. The normalized spacial score (nSPS) is 15.3. The maximum Gasteiger partial charge on any atom is 0.404 e. The molecule has 0 radical (unpaired) electrons. The van der Waals surface area contributed by atoms with Crippen molar-refractivity contribution >= 4 is 35.6 Å². The zero-order valence-corrected chi connectivity index (χ0v) is 15.3.